The van der Waals surface area contributed by atoms with Crippen molar-refractivity contribution in [1.82, 2.24) is 0 Å². The van der Waals surface area contributed by atoms with Gasteiger partial charge in [-0.2, -0.15) is 0 Å². The molecule has 1 N–H and O–H groups in total. The van der Waals surface area contributed by atoms with Gasteiger partial charge in [0.25, 0.3) is 0 Å². The standard InChI is InChI=1S/C17H17N/c1-3-9-17(16-13-8-7-10-14(16)2)18-15-11-5-4-6-12-15/h3-13,18H,1H2,2H3/b17-9+. The van der Waals surface area contributed by atoms with E-state index < -0.39 is 0 Å². The molecule has 2 aromatic carbocycles. The van der Waals surface area contributed by atoms with Gasteiger partial charge in [-0.05, 0) is 30.7 Å². The summed E-state index contributed by atoms with van der Waals surface area (Å²) in [5, 5.41) is 3.43. The first-order valence-electron chi connectivity index (χ1n) is 6.02. The largest absolute Gasteiger partial charge is 0.355 e. The minimum absolute atomic E-state index is 1.06. The van der Waals surface area contributed by atoms with Gasteiger partial charge in [-0.25, -0.2) is 0 Å². The molecule has 0 aromatic heterocycles. The van der Waals surface area contributed by atoms with Crippen LogP contribution >= 0.6 is 0 Å². The summed E-state index contributed by atoms with van der Waals surface area (Å²) in [5.74, 6) is 0. The predicted molar refractivity (Wildman–Crippen MR) is 79.4 cm³/mol. The Kier molecular flexibility index (Phi) is 3.98. The molecule has 0 saturated carbocycles. The van der Waals surface area contributed by atoms with Crippen molar-refractivity contribution in [2.45, 2.75) is 6.92 Å². The topological polar surface area (TPSA) is 12.0 Å². The molecule has 0 fully saturated rings. The molecular weight excluding hydrogens is 218 g/mol. The van der Waals surface area contributed by atoms with Crippen LogP contribution in [-0.2, 0) is 0 Å². The molecule has 0 saturated heterocycles. The summed E-state index contributed by atoms with van der Waals surface area (Å²) < 4.78 is 0. The number of benzene rings is 2. The normalized spacial score (nSPS) is 11.1. The van der Waals surface area contributed by atoms with Crippen LogP contribution in [0.3, 0.4) is 0 Å². The lowest BCUT2D eigenvalue weighted by atomic mass is 10.1. The molecule has 0 aliphatic rings. The lowest BCUT2D eigenvalue weighted by Crippen LogP contribution is -2.00. The lowest BCUT2D eigenvalue weighted by molar-refractivity contribution is 1.40. The minimum Gasteiger partial charge on any atom is -0.355 e. The van der Waals surface area contributed by atoms with Crippen LogP contribution in [0.5, 0.6) is 0 Å². The molecule has 2 rings (SSSR count). The number of anilines is 1. The zero-order chi connectivity index (χ0) is 12.8. The minimum atomic E-state index is 1.06. The second kappa shape index (κ2) is 5.87. The molecule has 90 valence electrons. The van der Waals surface area contributed by atoms with Gasteiger partial charge in [0.15, 0.2) is 0 Å². The molecule has 0 atom stereocenters. The highest BCUT2D eigenvalue weighted by Gasteiger charge is 2.03. The van der Waals surface area contributed by atoms with Gasteiger partial charge in [0.05, 0.1) is 0 Å². The number of hydrogen-bond donors (Lipinski definition) is 1. The first kappa shape index (κ1) is 12.2. The number of nitrogens with one attached hydrogen (secondary N) is 1. The van der Waals surface area contributed by atoms with E-state index in [1.54, 1.807) is 6.08 Å². The third kappa shape index (κ3) is 2.89. The second-order valence-electron chi connectivity index (χ2n) is 4.12. The number of aryl methyl sites for hydroxylation is 1. The molecule has 0 bridgehead atoms. The van der Waals surface area contributed by atoms with Crippen molar-refractivity contribution >= 4 is 11.4 Å². The summed E-state index contributed by atoms with van der Waals surface area (Å²) in [5.41, 5.74) is 4.58. The fraction of sp³-hybridized carbons (Fsp3) is 0.0588. The summed E-state index contributed by atoms with van der Waals surface area (Å²) in [6.45, 7) is 5.89. The van der Waals surface area contributed by atoms with Crippen molar-refractivity contribution in [2.24, 2.45) is 0 Å². The Morgan fingerprint density at radius 3 is 2.33 bits per heavy atom. The fourth-order valence-corrected chi connectivity index (χ4v) is 1.87. The maximum Gasteiger partial charge on any atom is 0.0460 e. The molecule has 0 aliphatic heterocycles. The lowest BCUT2D eigenvalue weighted by Gasteiger charge is -2.13. The summed E-state index contributed by atoms with van der Waals surface area (Å²) in [4.78, 5) is 0. The van der Waals surface area contributed by atoms with Gasteiger partial charge < -0.3 is 5.32 Å². The van der Waals surface area contributed by atoms with Crippen LogP contribution in [0.4, 0.5) is 5.69 Å². The summed E-state index contributed by atoms with van der Waals surface area (Å²) >= 11 is 0. The number of rotatable bonds is 4. The van der Waals surface area contributed by atoms with Crippen molar-refractivity contribution in [2.75, 3.05) is 5.32 Å². The van der Waals surface area contributed by atoms with Gasteiger partial charge in [0, 0.05) is 16.9 Å². The zero-order valence-corrected chi connectivity index (χ0v) is 10.6. The number of para-hydroxylation sites is 1. The Balaban J connectivity index is 2.34. The van der Waals surface area contributed by atoms with E-state index >= 15 is 0 Å². The maximum absolute atomic E-state index is 3.78. The van der Waals surface area contributed by atoms with Gasteiger partial charge in [-0.15, -0.1) is 0 Å². The average molecular weight is 235 g/mol. The van der Waals surface area contributed by atoms with Gasteiger partial charge >= 0.3 is 0 Å². The van der Waals surface area contributed by atoms with E-state index in [1.165, 1.54) is 11.1 Å². The smallest absolute Gasteiger partial charge is 0.0460 e. The number of hydrogen-bond acceptors (Lipinski definition) is 1. The average Bonchev–Trinajstić information content (AvgIpc) is 2.40. The van der Waals surface area contributed by atoms with Gasteiger partial charge in [0.2, 0.25) is 0 Å². The van der Waals surface area contributed by atoms with Gasteiger partial charge in [-0.3, -0.25) is 0 Å². The highest BCUT2D eigenvalue weighted by molar-refractivity contribution is 5.79. The molecule has 1 heteroatoms. The van der Waals surface area contributed by atoms with E-state index in [0.29, 0.717) is 0 Å². The zero-order valence-electron chi connectivity index (χ0n) is 10.6. The molecule has 18 heavy (non-hydrogen) atoms. The fourth-order valence-electron chi connectivity index (χ4n) is 1.87. The first-order chi connectivity index (χ1) is 8.81. The van der Waals surface area contributed by atoms with E-state index in [1.807, 2.05) is 36.4 Å². The van der Waals surface area contributed by atoms with Gasteiger partial charge in [-0.1, -0.05) is 55.1 Å². The van der Waals surface area contributed by atoms with Gasteiger partial charge in [0.1, 0.15) is 0 Å². The van der Waals surface area contributed by atoms with E-state index in [2.05, 4.69) is 43.1 Å². The Hall–Kier alpha value is -2.28. The van der Waals surface area contributed by atoms with Crippen molar-refractivity contribution in [3.8, 4) is 0 Å². The third-order valence-corrected chi connectivity index (χ3v) is 2.77. The summed E-state index contributed by atoms with van der Waals surface area (Å²) in [7, 11) is 0. The SMILES string of the molecule is C=C/C=C(/Nc1ccccc1)c1ccccc1C. The summed E-state index contributed by atoms with van der Waals surface area (Å²) in [6, 6.07) is 18.5. The number of allylic oxidation sites excluding steroid dienone is 2. The van der Waals surface area contributed by atoms with Crippen molar-refractivity contribution in [3.63, 3.8) is 0 Å². The van der Waals surface area contributed by atoms with E-state index in [9.17, 15) is 0 Å². The predicted octanol–water partition coefficient (Wildman–Crippen LogP) is 4.63. The Morgan fingerprint density at radius 2 is 1.67 bits per heavy atom. The highest BCUT2D eigenvalue weighted by atomic mass is 14.9. The van der Waals surface area contributed by atoms with Crippen molar-refractivity contribution in [3.05, 3.63) is 84.5 Å². The molecular formula is C17H17N. The molecule has 0 amide bonds. The van der Waals surface area contributed by atoms with E-state index in [-0.39, 0.29) is 0 Å². The van der Waals surface area contributed by atoms with Crippen molar-refractivity contribution < 1.29 is 0 Å². The molecule has 0 spiro atoms. The Labute approximate surface area is 108 Å². The monoisotopic (exact) mass is 235 g/mol. The van der Waals surface area contributed by atoms with Crippen LogP contribution in [0, 0.1) is 6.92 Å². The van der Waals surface area contributed by atoms with Crippen LogP contribution in [0.2, 0.25) is 0 Å². The molecule has 0 unspecified atom stereocenters. The maximum atomic E-state index is 3.78. The second-order valence-corrected chi connectivity index (χ2v) is 4.12. The highest BCUT2D eigenvalue weighted by Crippen LogP contribution is 2.21. The molecule has 0 radical (unpaired) electrons. The van der Waals surface area contributed by atoms with E-state index in [0.717, 1.165) is 11.4 Å². The quantitative estimate of drug-likeness (QED) is 0.761. The summed E-state index contributed by atoms with van der Waals surface area (Å²) in [6.07, 6.45) is 3.80. The van der Waals surface area contributed by atoms with Crippen LogP contribution in [0.1, 0.15) is 11.1 Å². The first-order valence-corrected chi connectivity index (χ1v) is 6.02. The molecule has 0 aliphatic carbocycles. The molecule has 0 heterocycles. The third-order valence-electron chi connectivity index (χ3n) is 2.77. The Morgan fingerprint density at radius 1 is 1.00 bits per heavy atom. The van der Waals surface area contributed by atoms with Crippen LogP contribution < -0.4 is 5.32 Å². The van der Waals surface area contributed by atoms with Crippen LogP contribution in [0.15, 0.2) is 73.3 Å². The van der Waals surface area contributed by atoms with E-state index in [4.69, 9.17) is 0 Å². The van der Waals surface area contributed by atoms with Crippen molar-refractivity contribution in [1.29, 1.82) is 0 Å². The molecule has 1 nitrogen and oxygen atoms in total. The molecule has 2 aromatic rings. The van der Waals surface area contributed by atoms with Crippen LogP contribution in [-0.4, -0.2) is 0 Å². The van der Waals surface area contributed by atoms with Crippen LogP contribution in [0.25, 0.3) is 5.70 Å². The Bertz CT molecular complexity index is 553.